The molecule has 0 saturated carbocycles. The standard InChI is InChI=1S/C17H21NO3/c1-3-18-17(16-9-8-12(21-16)10-19-2)14-11-20-15-7-5-4-6-13(14)15/h4-9,14,17-18H,3,10-11H2,1-2H3. The topological polar surface area (TPSA) is 43.6 Å². The molecular weight excluding hydrogens is 266 g/mol. The molecule has 2 heterocycles. The number of para-hydroxylation sites is 1. The largest absolute Gasteiger partial charge is 0.493 e. The molecule has 0 bridgehead atoms. The lowest BCUT2D eigenvalue weighted by Crippen LogP contribution is -2.27. The molecule has 112 valence electrons. The smallest absolute Gasteiger partial charge is 0.129 e. The molecule has 1 aromatic carbocycles. The summed E-state index contributed by atoms with van der Waals surface area (Å²) in [5, 5.41) is 3.52. The van der Waals surface area contributed by atoms with Crippen LogP contribution in [0.1, 0.15) is 36.0 Å². The zero-order valence-corrected chi connectivity index (χ0v) is 12.5. The summed E-state index contributed by atoms with van der Waals surface area (Å²) in [7, 11) is 1.67. The maximum Gasteiger partial charge on any atom is 0.129 e. The summed E-state index contributed by atoms with van der Waals surface area (Å²) < 4.78 is 16.9. The lowest BCUT2D eigenvalue weighted by molar-refractivity contribution is 0.160. The number of rotatable bonds is 6. The minimum atomic E-state index is 0.115. The molecule has 0 aliphatic carbocycles. The second-order valence-electron chi connectivity index (χ2n) is 5.23. The Balaban J connectivity index is 1.88. The molecule has 2 atom stereocenters. The SMILES string of the molecule is CCNC(c1ccc(COC)o1)C1COc2ccccc21. The summed E-state index contributed by atoms with van der Waals surface area (Å²) in [6.45, 7) is 4.16. The normalized spacial score (nSPS) is 18.3. The van der Waals surface area contributed by atoms with E-state index in [-0.39, 0.29) is 12.0 Å². The van der Waals surface area contributed by atoms with Crippen LogP contribution < -0.4 is 10.1 Å². The number of nitrogens with one attached hydrogen (secondary N) is 1. The molecule has 1 aliphatic heterocycles. The van der Waals surface area contributed by atoms with Gasteiger partial charge in [0.15, 0.2) is 0 Å². The monoisotopic (exact) mass is 287 g/mol. The molecular formula is C17H21NO3. The first-order valence-electron chi connectivity index (χ1n) is 7.36. The van der Waals surface area contributed by atoms with Crippen molar-refractivity contribution in [3.8, 4) is 5.75 Å². The van der Waals surface area contributed by atoms with Gasteiger partial charge in [0.2, 0.25) is 0 Å². The van der Waals surface area contributed by atoms with Crippen molar-refractivity contribution in [2.75, 3.05) is 20.3 Å². The Morgan fingerprint density at radius 1 is 1.29 bits per heavy atom. The van der Waals surface area contributed by atoms with Gasteiger partial charge >= 0.3 is 0 Å². The Morgan fingerprint density at radius 3 is 2.95 bits per heavy atom. The van der Waals surface area contributed by atoms with Gasteiger partial charge in [-0.3, -0.25) is 0 Å². The van der Waals surface area contributed by atoms with E-state index >= 15 is 0 Å². The van der Waals surface area contributed by atoms with Crippen LogP contribution in [-0.4, -0.2) is 20.3 Å². The highest BCUT2D eigenvalue weighted by Crippen LogP contribution is 2.41. The highest BCUT2D eigenvalue weighted by atomic mass is 16.5. The van der Waals surface area contributed by atoms with Crippen molar-refractivity contribution in [2.24, 2.45) is 0 Å². The zero-order valence-electron chi connectivity index (χ0n) is 12.5. The molecule has 0 amide bonds. The van der Waals surface area contributed by atoms with Crippen LogP contribution in [0.2, 0.25) is 0 Å². The number of hydrogen-bond acceptors (Lipinski definition) is 4. The fourth-order valence-corrected chi connectivity index (χ4v) is 2.91. The van der Waals surface area contributed by atoms with E-state index in [0.717, 1.165) is 23.8 Å². The average molecular weight is 287 g/mol. The molecule has 3 rings (SSSR count). The van der Waals surface area contributed by atoms with Crippen molar-refractivity contribution in [1.29, 1.82) is 0 Å². The highest BCUT2D eigenvalue weighted by Gasteiger charge is 2.33. The molecule has 4 heteroatoms. The van der Waals surface area contributed by atoms with Crippen LogP contribution in [0.5, 0.6) is 5.75 Å². The van der Waals surface area contributed by atoms with Gasteiger partial charge in [-0.15, -0.1) is 0 Å². The summed E-state index contributed by atoms with van der Waals surface area (Å²) >= 11 is 0. The van der Waals surface area contributed by atoms with Crippen molar-refractivity contribution in [2.45, 2.75) is 25.5 Å². The van der Waals surface area contributed by atoms with Crippen LogP contribution in [0, 0.1) is 0 Å². The predicted molar refractivity (Wildman–Crippen MR) is 80.5 cm³/mol. The molecule has 1 aliphatic rings. The Bertz CT molecular complexity index is 593. The van der Waals surface area contributed by atoms with Crippen molar-refractivity contribution >= 4 is 0 Å². The lowest BCUT2D eigenvalue weighted by Gasteiger charge is -2.21. The number of furan rings is 1. The second kappa shape index (κ2) is 6.33. The minimum Gasteiger partial charge on any atom is -0.493 e. The molecule has 0 fully saturated rings. The number of ether oxygens (including phenoxy) is 2. The molecule has 2 unspecified atom stereocenters. The number of hydrogen-bond donors (Lipinski definition) is 1. The Labute approximate surface area is 125 Å². The average Bonchev–Trinajstić information content (AvgIpc) is 3.12. The summed E-state index contributed by atoms with van der Waals surface area (Å²) in [5.41, 5.74) is 1.24. The zero-order chi connectivity index (χ0) is 14.7. The number of likely N-dealkylation sites (N-methyl/N-ethyl adjacent to an activating group) is 1. The van der Waals surface area contributed by atoms with Crippen LogP contribution in [0.25, 0.3) is 0 Å². The van der Waals surface area contributed by atoms with Crippen molar-refractivity contribution < 1.29 is 13.9 Å². The van der Waals surface area contributed by atoms with Crippen LogP contribution in [-0.2, 0) is 11.3 Å². The van der Waals surface area contributed by atoms with Crippen LogP contribution in [0.3, 0.4) is 0 Å². The van der Waals surface area contributed by atoms with E-state index in [4.69, 9.17) is 13.9 Å². The molecule has 21 heavy (non-hydrogen) atoms. The molecule has 1 N–H and O–H groups in total. The van der Waals surface area contributed by atoms with Gasteiger partial charge in [0, 0.05) is 18.6 Å². The highest BCUT2D eigenvalue weighted by molar-refractivity contribution is 5.41. The Morgan fingerprint density at radius 2 is 2.14 bits per heavy atom. The second-order valence-corrected chi connectivity index (χ2v) is 5.23. The lowest BCUT2D eigenvalue weighted by atomic mass is 9.91. The van der Waals surface area contributed by atoms with Crippen LogP contribution >= 0.6 is 0 Å². The van der Waals surface area contributed by atoms with Gasteiger partial charge in [-0.25, -0.2) is 0 Å². The quantitative estimate of drug-likeness (QED) is 0.885. The summed E-state index contributed by atoms with van der Waals surface area (Å²) in [5.74, 6) is 3.04. The fraction of sp³-hybridized carbons (Fsp3) is 0.412. The van der Waals surface area contributed by atoms with Crippen LogP contribution in [0.4, 0.5) is 0 Å². The van der Waals surface area contributed by atoms with E-state index in [0.29, 0.717) is 13.2 Å². The molecule has 0 spiro atoms. The summed E-state index contributed by atoms with van der Waals surface area (Å²) in [4.78, 5) is 0. The number of methoxy groups -OCH3 is 1. The van der Waals surface area contributed by atoms with Gasteiger partial charge in [0.05, 0.1) is 12.6 Å². The van der Waals surface area contributed by atoms with Crippen molar-refractivity contribution in [1.82, 2.24) is 5.32 Å². The molecule has 2 aromatic rings. The van der Waals surface area contributed by atoms with E-state index < -0.39 is 0 Å². The predicted octanol–water partition coefficient (Wildman–Crippen LogP) is 3.25. The van der Waals surface area contributed by atoms with Gasteiger partial charge in [-0.2, -0.15) is 0 Å². The maximum atomic E-state index is 5.92. The van der Waals surface area contributed by atoms with Crippen LogP contribution in [0.15, 0.2) is 40.8 Å². The van der Waals surface area contributed by atoms with E-state index in [9.17, 15) is 0 Å². The van der Waals surface area contributed by atoms with E-state index in [1.807, 2.05) is 24.3 Å². The van der Waals surface area contributed by atoms with Gasteiger partial charge < -0.3 is 19.2 Å². The van der Waals surface area contributed by atoms with E-state index in [1.165, 1.54) is 5.56 Å². The minimum absolute atomic E-state index is 0.115. The van der Waals surface area contributed by atoms with Crippen molar-refractivity contribution in [3.05, 3.63) is 53.5 Å². The van der Waals surface area contributed by atoms with Gasteiger partial charge in [0.1, 0.15) is 23.9 Å². The third-order valence-corrected chi connectivity index (χ3v) is 3.84. The van der Waals surface area contributed by atoms with Crippen molar-refractivity contribution in [3.63, 3.8) is 0 Å². The van der Waals surface area contributed by atoms with E-state index in [2.05, 4.69) is 24.4 Å². The van der Waals surface area contributed by atoms with Gasteiger partial charge in [-0.1, -0.05) is 25.1 Å². The van der Waals surface area contributed by atoms with Gasteiger partial charge in [0.25, 0.3) is 0 Å². The first-order chi connectivity index (χ1) is 10.3. The molecule has 4 nitrogen and oxygen atoms in total. The fourth-order valence-electron chi connectivity index (χ4n) is 2.91. The number of fused-ring (bicyclic) bond motifs is 1. The third kappa shape index (κ3) is 2.82. The maximum absolute atomic E-state index is 5.92. The third-order valence-electron chi connectivity index (χ3n) is 3.84. The Hall–Kier alpha value is -1.78. The molecule has 0 saturated heterocycles. The van der Waals surface area contributed by atoms with E-state index in [1.54, 1.807) is 7.11 Å². The van der Waals surface area contributed by atoms with Gasteiger partial charge in [-0.05, 0) is 24.7 Å². The summed E-state index contributed by atoms with van der Waals surface area (Å²) in [6.07, 6.45) is 0. The molecule has 0 radical (unpaired) electrons. The summed E-state index contributed by atoms with van der Waals surface area (Å²) in [6, 6.07) is 12.3. The molecule has 1 aromatic heterocycles. The Kier molecular flexibility index (Phi) is 4.27. The number of benzene rings is 1. The first-order valence-corrected chi connectivity index (χ1v) is 7.36. The first kappa shape index (κ1) is 14.2.